The maximum atomic E-state index is 10.8. The lowest BCUT2D eigenvalue weighted by Crippen LogP contribution is -2.35. The number of carbonyl (C=O) groups excluding carboxylic acids is 1. The summed E-state index contributed by atoms with van der Waals surface area (Å²) in [6.07, 6.45) is 0. The molecule has 58 valence electrons. The fourth-order valence-electron chi connectivity index (χ4n) is 0.713. The quantitative estimate of drug-likeness (QED) is 0.402. The SMILES string of the molecule is COC(=O)C1CSC(Br)N1. The van der Waals surface area contributed by atoms with Gasteiger partial charge in [0.05, 0.1) is 7.11 Å². The molecule has 0 spiro atoms. The van der Waals surface area contributed by atoms with Crippen molar-refractivity contribution in [3.05, 3.63) is 0 Å². The number of ether oxygens (including phenoxy) is 1. The zero-order chi connectivity index (χ0) is 7.56. The molecule has 2 unspecified atom stereocenters. The monoisotopic (exact) mass is 225 g/mol. The Hall–Kier alpha value is 0.260. The van der Waals surface area contributed by atoms with Crippen LogP contribution in [0.15, 0.2) is 0 Å². The van der Waals surface area contributed by atoms with E-state index in [1.807, 2.05) is 0 Å². The predicted molar refractivity (Wildman–Crippen MR) is 44.1 cm³/mol. The molecule has 3 nitrogen and oxygen atoms in total. The van der Waals surface area contributed by atoms with Crippen molar-refractivity contribution in [2.45, 2.75) is 10.3 Å². The Balaban J connectivity index is 2.37. The van der Waals surface area contributed by atoms with Crippen LogP contribution in [0.5, 0.6) is 0 Å². The number of hydrogen-bond donors (Lipinski definition) is 1. The lowest BCUT2D eigenvalue weighted by Gasteiger charge is -2.05. The first-order chi connectivity index (χ1) is 4.74. The third-order valence-electron chi connectivity index (χ3n) is 1.23. The summed E-state index contributed by atoms with van der Waals surface area (Å²) in [5.41, 5.74) is 0. The second-order valence-electron chi connectivity index (χ2n) is 1.89. The van der Waals surface area contributed by atoms with E-state index in [0.717, 1.165) is 5.75 Å². The average Bonchev–Trinajstić information content (AvgIpc) is 2.34. The summed E-state index contributed by atoms with van der Waals surface area (Å²) in [5.74, 6) is 0.595. The lowest BCUT2D eigenvalue weighted by atomic mass is 10.3. The Bertz CT molecular complexity index is 144. The van der Waals surface area contributed by atoms with Gasteiger partial charge in [0, 0.05) is 5.75 Å². The molecular weight excluding hydrogens is 218 g/mol. The van der Waals surface area contributed by atoms with E-state index in [1.165, 1.54) is 7.11 Å². The first-order valence-electron chi connectivity index (χ1n) is 2.83. The van der Waals surface area contributed by atoms with Crippen molar-refractivity contribution in [2.75, 3.05) is 12.9 Å². The zero-order valence-electron chi connectivity index (χ0n) is 5.46. The molecule has 0 radical (unpaired) electrons. The maximum absolute atomic E-state index is 10.8. The van der Waals surface area contributed by atoms with Crippen molar-refractivity contribution in [1.29, 1.82) is 0 Å². The summed E-state index contributed by atoms with van der Waals surface area (Å²) in [4.78, 5) is 10.8. The number of esters is 1. The van der Waals surface area contributed by atoms with Crippen molar-refractivity contribution in [1.82, 2.24) is 5.32 Å². The average molecular weight is 226 g/mol. The summed E-state index contributed by atoms with van der Waals surface area (Å²) in [5, 5.41) is 3.01. The molecule has 1 fully saturated rings. The van der Waals surface area contributed by atoms with Crippen LogP contribution in [0.1, 0.15) is 0 Å². The minimum absolute atomic E-state index is 0.139. The van der Waals surface area contributed by atoms with Crippen LogP contribution < -0.4 is 5.32 Å². The minimum Gasteiger partial charge on any atom is -0.468 e. The number of thioether (sulfide) groups is 1. The molecule has 1 saturated heterocycles. The standard InChI is InChI=1S/C5H8BrNO2S/c1-9-4(8)3-2-10-5(6)7-3/h3,5,7H,2H2,1H3. The molecular formula is C5H8BrNO2S. The molecule has 0 aromatic rings. The topological polar surface area (TPSA) is 38.3 Å². The number of methoxy groups -OCH3 is 1. The van der Waals surface area contributed by atoms with Crippen LogP contribution in [0.2, 0.25) is 0 Å². The Morgan fingerprint density at radius 1 is 1.90 bits per heavy atom. The second-order valence-corrected chi connectivity index (χ2v) is 4.55. The van der Waals surface area contributed by atoms with Gasteiger partial charge in [0.1, 0.15) is 10.3 Å². The van der Waals surface area contributed by atoms with E-state index in [4.69, 9.17) is 0 Å². The molecule has 1 aliphatic heterocycles. The number of carbonyl (C=O) groups is 1. The van der Waals surface area contributed by atoms with Crippen molar-refractivity contribution >= 4 is 33.7 Å². The molecule has 1 N–H and O–H groups in total. The molecule has 0 aliphatic carbocycles. The molecule has 0 amide bonds. The number of nitrogens with one attached hydrogen (secondary N) is 1. The smallest absolute Gasteiger partial charge is 0.323 e. The summed E-state index contributed by atoms with van der Waals surface area (Å²) in [6.45, 7) is 0. The van der Waals surface area contributed by atoms with Gasteiger partial charge in [-0.2, -0.15) is 0 Å². The van der Waals surface area contributed by atoms with Crippen LogP contribution in [-0.2, 0) is 9.53 Å². The van der Waals surface area contributed by atoms with Crippen molar-refractivity contribution < 1.29 is 9.53 Å². The molecule has 0 aromatic carbocycles. The molecule has 2 atom stereocenters. The first-order valence-corrected chi connectivity index (χ1v) is 4.80. The van der Waals surface area contributed by atoms with Gasteiger partial charge in [0.2, 0.25) is 0 Å². The van der Waals surface area contributed by atoms with Gasteiger partial charge in [0.25, 0.3) is 0 Å². The number of alkyl halides is 1. The lowest BCUT2D eigenvalue weighted by molar-refractivity contribution is -0.142. The first kappa shape index (κ1) is 8.36. The van der Waals surface area contributed by atoms with Crippen molar-refractivity contribution in [3.63, 3.8) is 0 Å². The predicted octanol–water partition coefficient (Wildman–Crippen LogP) is 0.543. The van der Waals surface area contributed by atoms with E-state index in [-0.39, 0.29) is 16.3 Å². The third-order valence-corrected chi connectivity index (χ3v) is 3.24. The van der Waals surface area contributed by atoms with Gasteiger partial charge in [0.15, 0.2) is 0 Å². The van der Waals surface area contributed by atoms with Gasteiger partial charge < -0.3 is 4.74 Å². The van der Waals surface area contributed by atoms with Gasteiger partial charge in [-0.05, 0) is 0 Å². The Morgan fingerprint density at radius 2 is 2.60 bits per heavy atom. The molecule has 1 heterocycles. The number of rotatable bonds is 1. The van der Waals surface area contributed by atoms with Gasteiger partial charge in [-0.3, -0.25) is 10.1 Å². The van der Waals surface area contributed by atoms with Crippen molar-refractivity contribution in [2.24, 2.45) is 0 Å². The highest BCUT2D eigenvalue weighted by atomic mass is 79.9. The van der Waals surface area contributed by atoms with E-state index in [0.29, 0.717) is 0 Å². The van der Waals surface area contributed by atoms with Crippen LogP contribution in [0, 0.1) is 0 Å². The molecule has 5 heteroatoms. The van der Waals surface area contributed by atoms with Crippen LogP contribution in [0.4, 0.5) is 0 Å². The van der Waals surface area contributed by atoms with Gasteiger partial charge in [-0.15, -0.1) is 11.8 Å². The summed E-state index contributed by atoms with van der Waals surface area (Å²) in [7, 11) is 1.40. The van der Waals surface area contributed by atoms with Crippen LogP contribution >= 0.6 is 27.7 Å². The Kier molecular flexibility index (Phi) is 3.00. The zero-order valence-corrected chi connectivity index (χ0v) is 7.87. The molecule has 10 heavy (non-hydrogen) atoms. The summed E-state index contributed by atoms with van der Waals surface area (Å²) in [6, 6.07) is -0.139. The van der Waals surface area contributed by atoms with E-state index < -0.39 is 0 Å². The van der Waals surface area contributed by atoms with Crippen LogP contribution in [0.25, 0.3) is 0 Å². The highest BCUT2D eigenvalue weighted by Crippen LogP contribution is 2.23. The third kappa shape index (κ3) is 1.87. The number of hydrogen-bond acceptors (Lipinski definition) is 4. The van der Waals surface area contributed by atoms with E-state index in [9.17, 15) is 4.79 Å². The summed E-state index contributed by atoms with van der Waals surface area (Å²) >= 11 is 4.97. The fraction of sp³-hybridized carbons (Fsp3) is 0.800. The van der Waals surface area contributed by atoms with Gasteiger partial charge in [-0.25, -0.2) is 0 Å². The molecule has 0 bridgehead atoms. The van der Waals surface area contributed by atoms with E-state index in [1.54, 1.807) is 11.8 Å². The van der Waals surface area contributed by atoms with Gasteiger partial charge in [-0.1, -0.05) is 15.9 Å². The Labute approximate surface area is 72.0 Å². The van der Waals surface area contributed by atoms with Gasteiger partial charge >= 0.3 is 5.97 Å². The Morgan fingerprint density at radius 3 is 3.00 bits per heavy atom. The molecule has 1 rings (SSSR count). The fourth-order valence-corrected chi connectivity index (χ4v) is 2.34. The highest BCUT2D eigenvalue weighted by Gasteiger charge is 2.28. The normalized spacial score (nSPS) is 32.2. The van der Waals surface area contributed by atoms with Crippen molar-refractivity contribution in [3.8, 4) is 0 Å². The molecule has 0 saturated carbocycles. The van der Waals surface area contributed by atoms with Crippen LogP contribution in [0.3, 0.4) is 0 Å². The molecule has 0 aromatic heterocycles. The number of halogens is 1. The maximum Gasteiger partial charge on any atom is 0.323 e. The highest BCUT2D eigenvalue weighted by molar-refractivity contribution is 9.11. The second kappa shape index (κ2) is 3.59. The largest absolute Gasteiger partial charge is 0.468 e. The van der Waals surface area contributed by atoms with E-state index >= 15 is 0 Å². The minimum atomic E-state index is -0.186. The van der Waals surface area contributed by atoms with Crippen LogP contribution in [-0.4, -0.2) is 29.2 Å². The molecule has 1 aliphatic rings. The van der Waals surface area contributed by atoms with E-state index in [2.05, 4.69) is 26.0 Å². The summed E-state index contributed by atoms with van der Waals surface area (Å²) < 4.78 is 4.74.